The van der Waals surface area contributed by atoms with Crippen molar-refractivity contribution >= 4 is 15.9 Å². The fourth-order valence-corrected chi connectivity index (χ4v) is 4.14. The molecule has 0 aliphatic carbocycles. The van der Waals surface area contributed by atoms with E-state index in [4.69, 9.17) is 9.47 Å². The van der Waals surface area contributed by atoms with E-state index < -0.39 is 10.0 Å². The molecule has 1 heterocycles. The molecule has 0 saturated carbocycles. The van der Waals surface area contributed by atoms with E-state index in [0.717, 1.165) is 16.7 Å². The predicted molar refractivity (Wildman–Crippen MR) is 105 cm³/mol. The van der Waals surface area contributed by atoms with E-state index in [1.54, 1.807) is 31.3 Å². The lowest BCUT2D eigenvalue weighted by molar-refractivity contribution is -0.130. The molecule has 0 radical (unpaired) electrons. The molecule has 8 heteroatoms. The van der Waals surface area contributed by atoms with Crippen molar-refractivity contribution in [3.8, 4) is 11.5 Å². The van der Waals surface area contributed by atoms with Gasteiger partial charge in [-0.1, -0.05) is 17.7 Å². The van der Waals surface area contributed by atoms with E-state index in [0.29, 0.717) is 31.0 Å². The highest BCUT2D eigenvalue weighted by Gasteiger charge is 2.24. The third-order valence-corrected chi connectivity index (χ3v) is 6.23. The van der Waals surface area contributed by atoms with Crippen molar-refractivity contribution in [3.63, 3.8) is 0 Å². The maximum atomic E-state index is 12.6. The van der Waals surface area contributed by atoms with Crippen LogP contribution < -0.4 is 14.2 Å². The first kappa shape index (κ1) is 20.2. The summed E-state index contributed by atoms with van der Waals surface area (Å²) in [6, 6.07) is 10.3. The van der Waals surface area contributed by atoms with Gasteiger partial charge in [0.15, 0.2) is 11.5 Å². The number of sulfonamides is 1. The van der Waals surface area contributed by atoms with Crippen LogP contribution in [0.2, 0.25) is 0 Å². The zero-order valence-electron chi connectivity index (χ0n) is 16.2. The first-order valence-corrected chi connectivity index (χ1v) is 10.4. The van der Waals surface area contributed by atoms with Gasteiger partial charge in [0.1, 0.15) is 0 Å². The molecule has 0 fully saturated rings. The summed E-state index contributed by atoms with van der Waals surface area (Å²) in [5.74, 6) is 0.999. The minimum Gasteiger partial charge on any atom is -0.493 e. The lowest BCUT2D eigenvalue weighted by atomic mass is 9.98. The minimum atomic E-state index is -3.72. The Morgan fingerprint density at radius 1 is 1.07 bits per heavy atom. The molecule has 2 aromatic carbocycles. The SMILES string of the molecule is COc1cc2c(cc1OC)CN(C(=O)CNS(=O)(=O)c1ccc(C)cc1)CC2. The van der Waals surface area contributed by atoms with Crippen LogP contribution in [0.3, 0.4) is 0 Å². The number of benzene rings is 2. The van der Waals surface area contributed by atoms with E-state index in [2.05, 4.69) is 4.72 Å². The summed E-state index contributed by atoms with van der Waals surface area (Å²) in [6.45, 7) is 2.53. The maximum absolute atomic E-state index is 12.6. The number of nitrogens with zero attached hydrogens (tertiary/aromatic N) is 1. The normalized spacial score (nSPS) is 13.8. The van der Waals surface area contributed by atoms with Crippen molar-refractivity contribution in [1.82, 2.24) is 9.62 Å². The fourth-order valence-electron chi connectivity index (χ4n) is 3.17. The number of nitrogens with one attached hydrogen (secondary N) is 1. The molecule has 1 N–H and O–H groups in total. The minimum absolute atomic E-state index is 0.145. The number of hydrogen-bond donors (Lipinski definition) is 1. The van der Waals surface area contributed by atoms with Gasteiger partial charge in [0.05, 0.1) is 25.7 Å². The summed E-state index contributed by atoms with van der Waals surface area (Å²) < 4.78 is 37.8. The summed E-state index contributed by atoms with van der Waals surface area (Å²) in [5, 5.41) is 0. The highest BCUT2D eigenvalue weighted by molar-refractivity contribution is 7.89. The molecule has 0 atom stereocenters. The summed E-state index contributed by atoms with van der Waals surface area (Å²) in [6.07, 6.45) is 0.673. The van der Waals surface area contributed by atoms with E-state index in [-0.39, 0.29) is 17.3 Å². The van der Waals surface area contributed by atoms with Gasteiger partial charge in [-0.25, -0.2) is 13.1 Å². The third kappa shape index (κ3) is 4.28. The molecular formula is C20H24N2O5S. The molecule has 150 valence electrons. The van der Waals surface area contributed by atoms with Gasteiger partial charge >= 0.3 is 0 Å². The fraction of sp³-hybridized carbons (Fsp3) is 0.350. The van der Waals surface area contributed by atoms with E-state index in [9.17, 15) is 13.2 Å². The Morgan fingerprint density at radius 2 is 1.68 bits per heavy atom. The van der Waals surface area contributed by atoms with Gasteiger partial charge in [-0.2, -0.15) is 0 Å². The average Bonchev–Trinajstić information content (AvgIpc) is 2.70. The zero-order valence-corrected chi connectivity index (χ0v) is 17.0. The average molecular weight is 404 g/mol. The van der Waals surface area contributed by atoms with Crippen molar-refractivity contribution in [2.24, 2.45) is 0 Å². The van der Waals surface area contributed by atoms with Crippen molar-refractivity contribution in [2.75, 3.05) is 27.3 Å². The lowest BCUT2D eigenvalue weighted by Gasteiger charge is -2.29. The van der Waals surface area contributed by atoms with Crippen molar-refractivity contribution < 1.29 is 22.7 Å². The molecular weight excluding hydrogens is 380 g/mol. The van der Waals surface area contributed by atoms with Gasteiger partial charge in [-0.05, 0) is 48.7 Å². The van der Waals surface area contributed by atoms with E-state index in [1.807, 2.05) is 19.1 Å². The highest BCUT2D eigenvalue weighted by atomic mass is 32.2. The molecule has 2 aromatic rings. The Kier molecular flexibility index (Phi) is 5.90. The quantitative estimate of drug-likeness (QED) is 0.795. The second-order valence-electron chi connectivity index (χ2n) is 6.68. The van der Waals surface area contributed by atoms with Gasteiger partial charge in [0, 0.05) is 13.1 Å². The van der Waals surface area contributed by atoms with Crippen LogP contribution in [0, 0.1) is 6.92 Å². The highest BCUT2D eigenvalue weighted by Crippen LogP contribution is 2.33. The summed E-state index contributed by atoms with van der Waals surface area (Å²) in [5.41, 5.74) is 3.04. The van der Waals surface area contributed by atoms with Crippen molar-refractivity contribution in [1.29, 1.82) is 0 Å². The van der Waals surface area contributed by atoms with E-state index >= 15 is 0 Å². The van der Waals surface area contributed by atoms with Crippen LogP contribution in [0.25, 0.3) is 0 Å². The first-order valence-electron chi connectivity index (χ1n) is 8.92. The third-order valence-electron chi connectivity index (χ3n) is 4.82. The molecule has 7 nitrogen and oxygen atoms in total. The number of carbonyl (C=O) groups excluding carboxylic acids is 1. The zero-order chi connectivity index (χ0) is 20.3. The number of amides is 1. The number of ether oxygens (including phenoxy) is 2. The van der Waals surface area contributed by atoms with Crippen molar-refractivity contribution in [2.45, 2.75) is 24.8 Å². The number of fused-ring (bicyclic) bond motifs is 1. The standard InChI is InChI=1S/C20H24N2O5S/c1-14-4-6-17(7-5-14)28(24,25)21-12-20(23)22-9-8-15-10-18(26-2)19(27-3)11-16(15)13-22/h4-7,10-11,21H,8-9,12-13H2,1-3H3. The topological polar surface area (TPSA) is 84.9 Å². The summed E-state index contributed by atoms with van der Waals surface area (Å²) in [4.78, 5) is 14.4. The molecule has 0 unspecified atom stereocenters. The van der Waals surface area contributed by atoms with Gasteiger partial charge in [0.25, 0.3) is 0 Å². The Bertz CT molecular complexity index is 971. The molecule has 3 rings (SSSR count). The van der Waals surface area contributed by atoms with Crippen LogP contribution >= 0.6 is 0 Å². The second-order valence-corrected chi connectivity index (χ2v) is 8.45. The smallest absolute Gasteiger partial charge is 0.241 e. The van der Waals surface area contributed by atoms with Gasteiger partial charge in [-0.3, -0.25) is 4.79 Å². The largest absolute Gasteiger partial charge is 0.493 e. The Labute approximate surface area is 165 Å². The number of rotatable bonds is 6. The van der Waals surface area contributed by atoms with Crippen LogP contribution in [-0.2, 0) is 27.8 Å². The van der Waals surface area contributed by atoms with Crippen molar-refractivity contribution in [3.05, 3.63) is 53.1 Å². The lowest BCUT2D eigenvalue weighted by Crippen LogP contribution is -2.42. The van der Waals surface area contributed by atoms with E-state index in [1.165, 1.54) is 12.1 Å². The predicted octanol–water partition coefficient (Wildman–Crippen LogP) is 1.88. The monoisotopic (exact) mass is 404 g/mol. The Morgan fingerprint density at radius 3 is 2.29 bits per heavy atom. The van der Waals surface area contributed by atoms with Gasteiger partial charge < -0.3 is 14.4 Å². The first-order chi connectivity index (χ1) is 13.3. The Balaban J connectivity index is 1.67. The Hall–Kier alpha value is -2.58. The van der Waals surface area contributed by atoms with Crippen LogP contribution in [0.4, 0.5) is 0 Å². The van der Waals surface area contributed by atoms with Crippen LogP contribution in [0.5, 0.6) is 11.5 Å². The van der Waals surface area contributed by atoms with Gasteiger partial charge in [-0.15, -0.1) is 0 Å². The van der Waals surface area contributed by atoms with Crippen LogP contribution in [-0.4, -0.2) is 46.5 Å². The molecule has 0 bridgehead atoms. The van der Waals surface area contributed by atoms with Gasteiger partial charge in [0.2, 0.25) is 15.9 Å². The molecule has 0 aromatic heterocycles. The molecule has 28 heavy (non-hydrogen) atoms. The maximum Gasteiger partial charge on any atom is 0.241 e. The molecule has 0 spiro atoms. The summed E-state index contributed by atoms with van der Waals surface area (Å²) >= 11 is 0. The molecule has 1 aliphatic heterocycles. The van der Waals surface area contributed by atoms with Crippen LogP contribution in [0.15, 0.2) is 41.3 Å². The molecule has 0 saturated heterocycles. The second kappa shape index (κ2) is 8.20. The van der Waals surface area contributed by atoms with Crippen LogP contribution in [0.1, 0.15) is 16.7 Å². The molecule has 1 aliphatic rings. The molecule has 1 amide bonds. The number of hydrogen-bond acceptors (Lipinski definition) is 5. The number of carbonyl (C=O) groups is 1. The number of methoxy groups -OCH3 is 2. The summed E-state index contributed by atoms with van der Waals surface area (Å²) in [7, 11) is -0.573. The number of aryl methyl sites for hydroxylation is 1.